The summed E-state index contributed by atoms with van der Waals surface area (Å²) in [6.45, 7) is 5.27. The maximum absolute atomic E-state index is 13.2. The van der Waals surface area contributed by atoms with Crippen LogP contribution in [0.2, 0.25) is 0 Å². The van der Waals surface area contributed by atoms with Crippen LogP contribution in [0.1, 0.15) is 24.5 Å². The molecule has 0 aliphatic rings. The van der Waals surface area contributed by atoms with Gasteiger partial charge < -0.3 is 4.90 Å². The number of nitrogens with zero attached hydrogens (tertiary/aromatic N) is 2. The SMILES string of the molecule is Br.CCCN(CCc1cccnc1)CCc1cccc(F)c1. The van der Waals surface area contributed by atoms with Crippen LogP contribution in [0.5, 0.6) is 0 Å². The van der Waals surface area contributed by atoms with Gasteiger partial charge in [0.2, 0.25) is 0 Å². The van der Waals surface area contributed by atoms with Gasteiger partial charge in [-0.25, -0.2) is 4.39 Å². The molecule has 0 atom stereocenters. The van der Waals surface area contributed by atoms with Gasteiger partial charge >= 0.3 is 0 Å². The fraction of sp³-hybridized carbons (Fsp3) is 0.389. The molecule has 2 rings (SSSR count). The van der Waals surface area contributed by atoms with E-state index >= 15 is 0 Å². The molecule has 0 fully saturated rings. The lowest BCUT2D eigenvalue weighted by molar-refractivity contribution is 0.281. The van der Waals surface area contributed by atoms with Crippen molar-refractivity contribution in [3.8, 4) is 0 Å². The summed E-state index contributed by atoms with van der Waals surface area (Å²) in [5.41, 5.74) is 2.34. The van der Waals surface area contributed by atoms with E-state index in [-0.39, 0.29) is 22.8 Å². The quantitative estimate of drug-likeness (QED) is 0.692. The highest BCUT2D eigenvalue weighted by molar-refractivity contribution is 8.93. The summed E-state index contributed by atoms with van der Waals surface area (Å²) >= 11 is 0. The Morgan fingerprint density at radius 1 is 1.00 bits per heavy atom. The highest BCUT2D eigenvalue weighted by Gasteiger charge is 2.05. The second-order valence-electron chi connectivity index (χ2n) is 5.33. The van der Waals surface area contributed by atoms with Gasteiger partial charge in [-0.05, 0) is 55.1 Å². The van der Waals surface area contributed by atoms with Crippen molar-refractivity contribution in [3.05, 3.63) is 65.7 Å². The largest absolute Gasteiger partial charge is 0.303 e. The maximum atomic E-state index is 13.2. The number of hydrogen-bond donors (Lipinski definition) is 0. The molecular formula is C18H24BrFN2. The van der Waals surface area contributed by atoms with E-state index in [1.165, 1.54) is 11.6 Å². The summed E-state index contributed by atoms with van der Waals surface area (Å²) in [4.78, 5) is 6.59. The second kappa shape index (κ2) is 10.5. The van der Waals surface area contributed by atoms with Gasteiger partial charge in [-0.3, -0.25) is 4.98 Å². The molecule has 1 aromatic carbocycles. The summed E-state index contributed by atoms with van der Waals surface area (Å²) in [6.07, 6.45) is 6.77. The first kappa shape index (κ1) is 18.8. The number of benzene rings is 1. The Morgan fingerprint density at radius 2 is 1.73 bits per heavy atom. The highest BCUT2D eigenvalue weighted by atomic mass is 79.9. The van der Waals surface area contributed by atoms with E-state index in [2.05, 4.69) is 22.9 Å². The highest BCUT2D eigenvalue weighted by Crippen LogP contribution is 2.07. The van der Waals surface area contributed by atoms with E-state index in [1.54, 1.807) is 18.3 Å². The molecule has 2 aromatic rings. The average Bonchev–Trinajstić information content (AvgIpc) is 2.51. The van der Waals surface area contributed by atoms with E-state index in [9.17, 15) is 4.39 Å². The monoisotopic (exact) mass is 366 g/mol. The third kappa shape index (κ3) is 6.67. The Balaban J connectivity index is 0.00000242. The molecule has 1 heterocycles. The van der Waals surface area contributed by atoms with E-state index in [0.717, 1.165) is 44.5 Å². The number of hydrogen-bond acceptors (Lipinski definition) is 2. The lowest BCUT2D eigenvalue weighted by atomic mass is 10.1. The van der Waals surface area contributed by atoms with Gasteiger partial charge in [0.05, 0.1) is 0 Å². The fourth-order valence-corrected chi connectivity index (χ4v) is 2.46. The van der Waals surface area contributed by atoms with Crippen LogP contribution in [-0.4, -0.2) is 29.5 Å². The van der Waals surface area contributed by atoms with Crippen LogP contribution in [0, 0.1) is 5.82 Å². The lowest BCUT2D eigenvalue weighted by Gasteiger charge is -2.21. The molecule has 0 aliphatic heterocycles. The van der Waals surface area contributed by atoms with Crippen LogP contribution in [-0.2, 0) is 12.8 Å². The first-order valence-electron chi connectivity index (χ1n) is 7.63. The number of pyridine rings is 1. The van der Waals surface area contributed by atoms with E-state index < -0.39 is 0 Å². The molecule has 0 amide bonds. The Morgan fingerprint density at radius 3 is 2.36 bits per heavy atom. The molecule has 22 heavy (non-hydrogen) atoms. The third-order valence-corrected chi connectivity index (χ3v) is 3.59. The standard InChI is InChI=1S/C18H23FN2.BrH/c1-2-11-21(13-9-17-6-4-10-20-15-17)12-8-16-5-3-7-18(19)14-16;/h3-7,10,14-15H,2,8-9,11-13H2,1H3;1H. The number of rotatable bonds is 8. The minimum absolute atomic E-state index is 0. The molecule has 2 nitrogen and oxygen atoms in total. The van der Waals surface area contributed by atoms with Gasteiger partial charge in [0.25, 0.3) is 0 Å². The van der Waals surface area contributed by atoms with Crippen molar-refractivity contribution in [2.45, 2.75) is 26.2 Å². The molecule has 0 spiro atoms. The van der Waals surface area contributed by atoms with Crippen molar-refractivity contribution in [2.75, 3.05) is 19.6 Å². The van der Waals surface area contributed by atoms with Gasteiger partial charge in [0.1, 0.15) is 5.82 Å². The maximum Gasteiger partial charge on any atom is 0.123 e. The smallest absolute Gasteiger partial charge is 0.123 e. The summed E-state index contributed by atoms with van der Waals surface area (Å²) in [5, 5.41) is 0. The molecular weight excluding hydrogens is 343 g/mol. The molecule has 0 bridgehead atoms. The van der Waals surface area contributed by atoms with Gasteiger partial charge in [0.15, 0.2) is 0 Å². The summed E-state index contributed by atoms with van der Waals surface area (Å²) in [7, 11) is 0. The van der Waals surface area contributed by atoms with E-state index in [1.807, 2.05) is 18.3 Å². The Hall–Kier alpha value is -1.26. The first-order valence-corrected chi connectivity index (χ1v) is 7.63. The molecule has 0 saturated carbocycles. The minimum atomic E-state index is -0.148. The molecule has 4 heteroatoms. The number of halogens is 2. The molecule has 0 N–H and O–H groups in total. The zero-order chi connectivity index (χ0) is 14.9. The van der Waals surface area contributed by atoms with Crippen molar-refractivity contribution < 1.29 is 4.39 Å². The fourth-order valence-electron chi connectivity index (χ4n) is 2.46. The van der Waals surface area contributed by atoms with Crippen LogP contribution >= 0.6 is 17.0 Å². The third-order valence-electron chi connectivity index (χ3n) is 3.59. The van der Waals surface area contributed by atoms with Crippen molar-refractivity contribution in [3.63, 3.8) is 0 Å². The topological polar surface area (TPSA) is 16.1 Å². The van der Waals surface area contributed by atoms with Crippen LogP contribution in [0.15, 0.2) is 48.8 Å². The normalized spacial score (nSPS) is 10.5. The summed E-state index contributed by atoms with van der Waals surface area (Å²) in [6, 6.07) is 11.0. The van der Waals surface area contributed by atoms with Gasteiger partial charge in [-0.1, -0.05) is 25.1 Å². The zero-order valence-electron chi connectivity index (χ0n) is 13.0. The molecule has 0 saturated heterocycles. The van der Waals surface area contributed by atoms with Gasteiger partial charge in [0, 0.05) is 25.5 Å². The molecule has 1 aromatic heterocycles. The second-order valence-corrected chi connectivity index (χ2v) is 5.33. The van der Waals surface area contributed by atoms with Crippen LogP contribution < -0.4 is 0 Å². The van der Waals surface area contributed by atoms with Crippen LogP contribution in [0.4, 0.5) is 4.39 Å². The van der Waals surface area contributed by atoms with E-state index in [4.69, 9.17) is 0 Å². The van der Waals surface area contributed by atoms with Crippen molar-refractivity contribution in [1.82, 2.24) is 9.88 Å². The Kier molecular flexibility index (Phi) is 8.94. The Bertz CT molecular complexity index is 534. The zero-order valence-corrected chi connectivity index (χ0v) is 14.8. The predicted octanol–water partition coefficient (Wildman–Crippen LogP) is 4.30. The van der Waals surface area contributed by atoms with Gasteiger partial charge in [-0.2, -0.15) is 0 Å². The van der Waals surface area contributed by atoms with Crippen molar-refractivity contribution in [2.24, 2.45) is 0 Å². The molecule has 0 radical (unpaired) electrons. The Labute approximate surface area is 143 Å². The lowest BCUT2D eigenvalue weighted by Crippen LogP contribution is -2.29. The average molecular weight is 367 g/mol. The van der Waals surface area contributed by atoms with Crippen molar-refractivity contribution >= 4 is 17.0 Å². The first-order chi connectivity index (χ1) is 10.3. The molecule has 0 aliphatic carbocycles. The molecule has 120 valence electrons. The van der Waals surface area contributed by atoms with E-state index in [0.29, 0.717) is 0 Å². The van der Waals surface area contributed by atoms with Crippen LogP contribution in [0.25, 0.3) is 0 Å². The predicted molar refractivity (Wildman–Crippen MR) is 95.1 cm³/mol. The summed E-state index contributed by atoms with van der Waals surface area (Å²) < 4.78 is 13.2. The molecule has 0 unspecified atom stereocenters. The summed E-state index contributed by atoms with van der Waals surface area (Å²) in [5.74, 6) is -0.148. The minimum Gasteiger partial charge on any atom is -0.303 e. The van der Waals surface area contributed by atoms with Gasteiger partial charge in [-0.15, -0.1) is 17.0 Å². The van der Waals surface area contributed by atoms with Crippen LogP contribution in [0.3, 0.4) is 0 Å². The number of aromatic nitrogens is 1. The van der Waals surface area contributed by atoms with Crippen molar-refractivity contribution in [1.29, 1.82) is 0 Å².